The average Bonchev–Trinajstić information content (AvgIpc) is 2.52. The summed E-state index contributed by atoms with van der Waals surface area (Å²) in [4.78, 5) is 28.0. The van der Waals surface area contributed by atoms with Gasteiger partial charge in [0, 0.05) is 24.9 Å². The largest absolute Gasteiger partial charge is 0.480 e. The molecule has 22 heavy (non-hydrogen) atoms. The van der Waals surface area contributed by atoms with Crippen LogP contribution in [0.1, 0.15) is 10.4 Å². The number of ether oxygens (including phenoxy) is 1. The first kappa shape index (κ1) is 15.7. The minimum Gasteiger partial charge on any atom is -0.480 e. The van der Waals surface area contributed by atoms with E-state index in [2.05, 4.69) is 4.98 Å². The van der Waals surface area contributed by atoms with Crippen molar-refractivity contribution >= 4 is 28.9 Å². The topological polar surface area (TPSA) is 85.6 Å². The number of nitro benzene ring substituents is 1. The van der Waals surface area contributed by atoms with Crippen LogP contribution in [0, 0.1) is 10.1 Å². The van der Waals surface area contributed by atoms with Crippen LogP contribution in [0.15, 0.2) is 36.5 Å². The molecule has 0 unspecified atom stereocenters. The molecule has 0 aliphatic carbocycles. The fraction of sp³-hybridized carbons (Fsp3) is 0.143. The van der Waals surface area contributed by atoms with Crippen molar-refractivity contribution in [3.63, 3.8) is 0 Å². The molecule has 0 aliphatic heterocycles. The van der Waals surface area contributed by atoms with Gasteiger partial charge in [-0.15, -0.1) is 0 Å². The molecule has 1 aromatic carbocycles. The maximum Gasteiger partial charge on any atom is 0.287 e. The van der Waals surface area contributed by atoms with Crippen LogP contribution < -0.4 is 9.64 Å². The van der Waals surface area contributed by atoms with Gasteiger partial charge in [0.05, 0.1) is 12.0 Å². The standard InChI is InChI=1S/C14H12ClN3O4/c1-17(12-4-3-7-16-13(12)22-2)14(19)9-5-6-11(18(20)21)10(15)8-9/h3-8H,1-2H3. The Kier molecular flexibility index (Phi) is 4.57. The summed E-state index contributed by atoms with van der Waals surface area (Å²) in [7, 11) is 3.00. The zero-order chi connectivity index (χ0) is 16.3. The highest BCUT2D eigenvalue weighted by Gasteiger charge is 2.20. The first-order valence-electron chi connectivity index (χ1n) is 6.16. The van der Waals surface area contributed by atoms with Crippen molar-refractivity contribution < 1.29 is 14.5 Å². The number of nitro groups is 1. The molecule has 1 aromatic heterocycles. The molecule has 114 valence electrons. The van der Waals surface area contributed by atoms with Gasteiger partial charge >= 0.3 is 0 Å². The Hall–Kier alpha value is -2.67. The molecule has 0 N–H and O–H groups in total. The molecule has 7 nitrogen and oxygen atoms in total. The molecule has 1 amide bonds. The van der Waals surface area contributed by atoms with E-state index in [1.165, 1.54) is 30.2 Å². The molecular formula is C14H12ClN3O4. The number of nitrogens with zero attached hydrogens (tertiary/aromatic N) is 3. The van der Waals surface area contributed by atoms with Gasteiger partial charge < -0.3 is 9.64 Å². The summed E-state index contributed by atoms with van der Waals surface area (Å²) in [6.07, 6.45) is 1.55. The lowest BCUT2D eigenvalue weighted by atomic mass is 10.1. The second-order valence-electron chi connectivity index (χ2n) is 4.32. The van der Waals surface area contributed by atoms with Crippen LogP contribution in [-0.2, 0) is 0 Å². The smallest absolute Gasteiger partial charge is 0.287 e. The molecule has 0 atom stereocenters. The Morgan fingerprint density at radius 2 is 2.14 bits per heavy atom. The van der Waals surface area contributed by atoms with Crippen molar-refractivity contribution in [2.45, 2.75) is 0 Å². The minimum absolute atomic E-state index is 0.0950. The maximum absolute atomic E-state index is 12.5. The van der Waals surface area contributed by atoms with Crippen molar-refractivity contribution in [2.75, 3.05) is 19.1 Å². The lowest BCUT2D eigenvalue weighted by molar-refractivity contribution is -0.384. The second kappa shape index (κ2) is 6.40. The third kappa shape index (κ3) is 2.99. The van der Waals surface area contributed by atoms with E-state index in [1.54, 1.807) is 25.4 Å². The maximum atomic E-state index is 12.5. The lowest BCUT2D eigenvalue weighted by Crippen LogP contribution is -2.26. The average molecular weight is 322 g/mol. The number of methoxy groups -OCH3 is 1. The van der Waals surface area contributed by atoms with Crippen molar-refractivity contribution in [2.24, 2.45) is 0 Å². The number of amides is 1. The molecule has 8 heteroatoms. The van der Waals surface area contributed by atoms with Gasteiger partial charge in [0.25, 0.3) is 11.6 Å². The van der Waals surface area contributed by atoms with E-state index in [0.717, 1.165) is 0 Å². The number of halogens is 1. The Morgan fingerprint density at radius 1 is 1.41 bits per heavy atom. The van der Waals surface area contributed by atoms with E-state index >= 15 is 0 Å². The molecule has 0 saturated carbocycles. The van der Waals surface area contributed by atoms with Crippen molar-refractivity contribution in [1.82, 2.24) is 4.98 Å². The number of hydrogen-bond acceptors (Lipinski definition) is 5. The highest BCUT2D eigenvalue weighted by atomic mass is 35.5. The number of carbonyl (C=O) groups is 1. The quantitative estimate of drug-likeness (QED) is 0.638. The normalized spacial score (nSPS) is 10.1. The fourth-order valence-corrected chi connectivity index (χ4v) is 2.14. The number of hydrogen-bond donors (Lipinski definition) is 0. The lowest BCUT2D eigenvalue weighted by Gasteiger charge is -2.19. The Bertz CT molecular complexity index is 736. The van der Waals surface area contributed by atoms with Crippen molar-refractivity contribution in [3.05, 3.63) is 57.2 Å². The number of rotatable bonds is 4. The van der Waals surface area contributed by atoms with Gasteiger partial charge in [-0.25, -0.2) is 4.98 Å². The zero-order valence-electron chi connectivity index (χ0n) is 11.8. The summed E-state index contributed by atoms with van der Waals surface area (Å²) >= 11 is 5.83. The van der Waals surface area contributed by atoms with Crippen LogP contribution in [0.4, 0.5) is 11.4 Å². The first-order chi connectivity index (χ1) is 10.5. The summed E-state index contributed by atoms with van der Waals surface area (Å²) in [5.41, 5.74) is 0.452. The second-order valence-corrected chi connectivity index (χ2v) is 4.73. The number of pyridine rings is 1. The minimum atomic E-state index is -0.607. The molecule has 2 aromatic rings. The van der Waals surface area contributed by atoms with Gasteiger partial charge in [0.1, 0.15) is 10.7 Å². The van der Waals surface area contributed by atoms with Gasteiger partial charge in [0.2, 0.25) is 5.88 Å². The third-order valence-electron chi connectivity index (χ3n) is 3.00. The molecule has 2 rings (SSSR count). The Balaban J connectivity index is 2.35. The molecule has 0 aliphatic rings. The molecule has 0 fully saturated rings. The van der Waals surface area contributed by atoms with E-state index in [0.29, 0.717) is 11.6 Å². The van der Waals surface area contributed by atoms with E-state index in [9.17, 15) is 14.9 Å². The molecule has 0 saturated heterocycles. The van der Waals surface area contributed by atoms with Crippen molar-refractivity contribution in [1.29, 1.82) is 0 Å². The van der Waals surface area contributed by atoms with E-state index in [1.807, 2.05) is 0 Å². The van der Waals surface area contributed by atoms with E-state index in [-0.39, 0.29) is 22.2 Å². The number of anilines is 1. The highest BCUT2D eigenvalue weighted by Crippen LogP contribution is 2.28. The monoisotopic (exact) mass is 321 g/mol. The van der Waals surface area contributed by atoms with E-state index in [4.69, 9.17) is 16.3 Å². The third-order valence-corrected chi connectivity index (χ3v) is 3.30. The predicted molar refractivity (Wildman–Crippen MR) is 81.6 cm³/mol. The van der Waals surface area contributed by atoms with Crippen LogP contribution in [-0.4, -0.2) is 30.0 Å². The SMILES string of the molecule is COc1ncccc1N(C)C(=O)c1ccc([N+](=O)[O-])c(Cl)c1. The van der Waals surface area contributed by atoms with Gasteiger partial charge in [0.15, 0.2) is 0 Å². The number of aromatic nitrogens is 1. The van der Waals surface area contributed by atoms with Gasteiger partial charge in [-0.05, 0) is 24.3 Å². The van der Waals surface area contributed by atoms with Crippen LogP contribution in [0.25, 0.3) is 0 Å². The van der Waals surface area contributed by atoms with E-state index < -0.39 is 4.92 Å². The molecular weight excluding hydrogens is 310 g/mol. The summed E-state index contributed by atoms with van der Waals surface area (Å²) in [5.74, 6) is -0.0885. The predicted octanol–water partition coefficient (Wildman–Crippen LogP) is 2.93. The summed E-state index contributed by atoms with van der Waals surface area (Å²) in [5, 5.41) is 10.6. The Labute approximate surface area is 131 Å². The first-order valence-corrected chi connectivity index (χ1v) is 6.54. The Morgan fingerprint density at radius 3 is 2.73 bits per heavy atom. The molecule has 1 heterocycles. The van der Waals surface area contributed by atoms with Gasteiger partial charge in [-0.3, -0.25) is 14.9 Å². The van der Waals surface area contributed by atoms with Crippen LogP contribution >= 0.6 is 11.6 Å². The number of benzene rings is 1. The number of carbonyl (C=O) groups excluding carboxylic acids is 1. The fourth-order valence-electron chi connectivity index (χ4n) is 1.89. The molecule has 0 radical (unpaired) electrons. The summed E-state index contributed by atoms with van der Waals surface area (Å²) in [6, 6.07) is 7.16. The van der Waals surface area contributed by atoms with Gasteiger partial charge in [-0.2, -0.15) is 0 Å². The van der Waals surface area contributed by atoms with Crippen LogP contribution in [0.5, 0.6) is 5.88 Å². The summed E-state index contributed by atoms with van der Waals surface area (Å²) in [6.45, 7) is 0. The zero-order valence-corrected chi connectivity index (χ0v) is 12.6. The van der Waals surface area contributed by atoms with Crippen molar-refractivity contribution in [3.8, 4) is 5.88 Å². The molecule has 0 bridgehead atoms. The summed E-state index contributed by atoms with van der Waals surface area (Å²) < 4.78 is 5.11. The highest BCUT2D eigenvalue weighted by molar-refractivity contribution is 6.33. The molecule has 0 spiro atoms. The van der Waals surface area contributed by atoms with Gasteiger partial charge in [-0.1, -0.05) is 11.6 Å². The van der Waals surface area contributed by atoms with Crippen LogP contribution in [0.3, 0.4) is 0 Å². The van der Waals surface area contributed by atoms with Crippen LogP contribution in [0.2, 0.25) is 5.02 Å².